The van der Waals surface area contributed by atoms with E-state index in [0.717, 1.165) is 70.9 Å². The minimum absolute atomic E-state index is 0.0231. The van der Waals surface area contributed by atoms with Gasteiger partial charge in [-0.25, -0.2) is 18.0 Å². The number of hydrogen-bond donors (Lipinski definition) is 1. The number of nitrogens with zero attached hydrogens (tertiary/aromatic N) is 5. The number of amides is 1. The molecule has 2 aromatic carbocycles. The number of carbonyl (C=O) groups is 2. The summed E-state index contributed by atoms with van der Waals surface area (Å²) in [7, 11) is 0. The van der Waals surface area contributed by atoms with E-state index in [0.29, 0.717) is 35.1 Å². The summed E-state index contributed by atoms with van der Waals surface area (Å²) < 4.78 is 68.0. The Bertz CT molecular complexity index is 2390. The van der Waals surface area contributed by atoms with Gasteiger partial charge in [-0.1, -0.05) is 19.9 Å². The number of ether oxygens (including phenoxy) is 3. The quantitative estimate of drug-likeness (QED) is 0.154. The van der Waals surface area contributed by atoms with Gasteiger partial charge in [-0.15, -0.1) is 0 Å². The van der Waals surface area contributed by atoms with E-state index in [-0.39, 0.29) is 95.8 Å². The number of halogens is 3. The number of carbonyl (C=O) groups excluding carboxylic acids is 2. The number of benzene rings is 2. The van der Waals surface area contributed by atoms with Gasteiger partial charge in [0, 0.05) is 24.7 Å². The Morgan fingerprint density at radius 2 is 1.79 bits per heavy atom. The van der Waals surface area contributed by atoms with Crippen LogP contribution in [-0.2, 0) is 16.0 Å². The van der Waals surface area contributed by atoms with Crippen LogP contribution in [0.3, 0.4) is 0 Å². The summed E-state index contributed by atoms with van der Waals surface area (Å²) in [4.78, 5) is 46.0. The van der Waals surface area contributed by atoms with Gasteiger partial charge in [-0.05, 0) is 143 Å². The third kappa shape index (κ3) is 7.33. The van der Waals surface area contributed by atoms with Gasteiger partial charge in [-0.3, -0.25) is 14.7 Å². The first-order valence-electron chi connectivity index (χ1n) is 22.4. The highest BCUT2D eigenvalue weighted by Crippen LogP contribution is 2.54. The summed E-state index contributed by atoms with van der Waals surface area (Å²) in [6.07, 6.45) is 8.30. The molecule has 1 N–H and O–H groups in total. The zero-order valence-electron chi connectivity index (χ0n) is 35.3. The lowest BCUT2D eigenvalue weighted by Gasteiger charge is -2.48. The van der Waals surface area contributed by atoms with E-state index in [1.807, 2.05) is 0 Å². The first kappa shape index (κ1) is 40.4. The van der Waals surface area contributed by atoms with Gasteiger partial charge in [0.2, 0.25) is 0 Å². The van der Waals surface area contributed by atoms with Gasteiger partial charge in [-0.2, -0.15) is 9.97 Å². The minimum Gasteiger partial charge on any atom is -0.461 e. The van der Waals surface area contributed by atoms with Gasteiger partial charge < -0.3 is 24.4 Å². The molecular weight excluding hydrogens is 786 g/mol. The molecule has 11 nitrogen and oxygen atoms in total. The molecule has 14 heteroatoms. The first-order valence-corrected chi connectivity index (χ1v) is 22.4. The fourth-order valence-corrected chi connectivity index (χ4v) is 12.6. The third-order valence-electron chi connectivity index (χ3n) is 14.7. The zero-order valence-corrected chi connectivity index (χ0v) is 35.3. The average molecular weight is 841 g/mol. The average Bonchev–Trinajstić information content (AvgIpc) is 3.79. The summed E-state index contributed by atoms with van der Waals surface area (Å²) in [5, 5.41) is 4.02. The fourth-order valence-electron chi connectivity index (χ4n) is 12.6. The van der Waals surface area contributed by atoms with Crippen LogP contribution < -0.4 is 19.7 Å². The highest BCUT2D eigenvalue weighted by Gasteiger charge is 2.50. The Kier molecular flexibility index (Phi) is 10.1. The second-order valence-corrected chi connectivity index (χ2v) is 19.8. The summed E-state index contributed by atoms with van der Waals surface area (Å²) in [6.45, 7) is 8.46. The van der Waals surface area contributed by atoms with Crippen LogP contribution in [0.25, 0.3) is 32.9 Å². The molecule has 4 atom stereocenters. The number of anilines is 1. The number of aryl methyl sites for hydroxylation is 1. The summed E-state index contributed by atoms with van der Waals surface area (Å²) in [6, 6.07) is 6.19. The molecule has 2 saturated carbocycles. The molecule has 8 bridgehead atoms. The Labute approximate surface area is 354 Å². The van der Waals surface area contributed by atoms with Crippen molar-refractivity contribution in [2.24, 2.45) is 23.2 Å². The van der Waals surface area contributed by atoms with E-state index in [2.05, 4.69) is 24.1 Å². The standard InChI is InChI=1S/C47H55F3N6O5/c1-27-15-29-16-28(2)20-46(19-27,21-29)42(57)61-32-17-30-8-9-36(49)33-7-4-14-59-44(58)54-45(3)22-31(48)24-55(25-45)41-35-23-51-39(34(18-32)37(30)33)38(50)40(35)52-43(53-41)60-26-47-10-5-12-56(47)13-6-11-47/h8-9,17-18,23,27-29,31H,4-7,10-16,19-22,24-26H2,1-3H3,(H,54,58). The molecule has 324 valence electrons. The molecule has 5 aliphatic heterocycles. The number of rotatable bonds is 5. The number of fused-ring (bicyclic) bond motifs is 9. The van der Waals surface area contributed by atoms with Gasteiger partial charge in [0.05, 0.1) is 35.0 Å². The lowest BCUT2D eigenvalue weighted by atomic mass is 9.57. The Balaban J connectivity index is 1.13. The molecule has 2 aromatic heterocycles. The Morgan fingerprint density at radius 3 is 2.56 bits per heavy atom. The van der Waals surface area contributed by atoms with Gasteiger partial charge in [0.25, 0.3) is 0 Å². The largest absolute Gasteiger partial charge is 0.461 e. The molecule has 3 saturated heterocycles. The maximum Gasteiger partial charge on any atom is 0.407 e. The first-order chi connectivity index (χ1) is 29.3. The zero-order chi connectivity index (χ0) is 42.3. The van der Waals surface area contributed by atoms with E-state index in [1.54, 1.807) is 30.0 Å². The molecular formula is C47H55F3N6O5. The Morgan fingerprint density at radius 1 is 1.02 bits per heavy atom. The van der Waals surface area contributed by atoms with Gasteiger partial charge in [0.15, 0.2) is 5.82 Å². The van der Waals surface area contributed by atoms with Crippen LogP contribution >= 0.6 is 0 Å². The molecule has 11 rings (SSSR count). The van der Waals surface area contributed by atoms with Crippen LogP contribution in [0.5, 0.6) is 11.8 Å². The number of aromatic nitrogens is 3. The smallest absolute Gasteiger partial charge is 0.407 e. The summed E-state index contributed by atoms with van der Waals surface area (Å²) in [5.41, 5.74) is -1.56. The number of alkyl halides is 1. The fraction of sp³-hybridized carbons (Fsp3) is 0.596. The maximum atomic E-state index is 17.8. The molecule has 2 aliphatic carbocycles. The minimum atomic E-state index is -1.37. The van der Waals surface area contributed by atoms with Crippen LogP contribution in [0.1, 0.15) is 97.0 Å². The molecule has 5 fully saturated rings. The molecule has 7 heterocycles. The number of alkyl carbamates (subject to hydrolysis) is 1. The second kappa shape index (κ2) is 15.3. The normalized spacial score (nSPS) is 29.9. The van der Waals surface area contributed by atoms with Crippen molar-refractivity contribution in [3.63, 3.8) is 0 Å². The van der Waals surface area contributed by atoms with Crippen molar-refractivity contribution in [3.05, 3.63) is 47.7 Å². The van der Waals surface area contributed by atoms with Crippen LogP contribution in [0.15, 0.2) is 30.5 Å². The monoisotopic (exact) mass is 840 g/mol. The van der Waals surface area contributed by atoms with E-state index < -0.39 is 34.9 Å². The van der Waals surface area contributed by atoms with Crippen molar-refractivity contribution in [2.45, 2.75) is 115 Å². The number of pyridine rings is 1. The van der Waals surface area contributed by atoms with Crippen LogP contribution in [0.2, 0.25) is 0 Å². The van der Waals surface area contributed by atoms with Gasteiger partial charge in [0.1, 0.15) is 41.4 Å². The molecule has 0 spiro atoms. The van der Waals surface area contributed by atoms with Crippen molar-refractivity contribution in [1.82, 2.24) is 25.2 Å². The number of nitrogens with one attached hydrogen (secondary N) is 1. The van der Waals surface area contributed by atoms with Crippen molar-refractivity contribution < 1.29 is 37.0 Å². The van der Waals surface area contributed by atoms with E-state index >= 15 is 13.2 Å². The molecule has 4 unspecified atom stereocenters. The maximum absolute atomic E-state index is 17.8. The van der Waals surface area contributed by atoms with Crippen molar-refractivity contribution in [2.75, 3.05) is 44.3 Å². The van der Waals surface area contributed by atoms with Crippen LogP contribution in [0.4, 0.5) is 23.8 Å². The lowest BCUT2D eigenvalue weighted by molar-refractivity contribution is -0.155. The molecule has 1 amide bonds. The molecule has 7 aliphatic rings. The van der Waals surface area contributed by atoms with Crippen molar-refractivity contribution in [1.29, 1.82) is 0 Å². The number of esters is 1. The van der Waals surface area contributed by atoms with Gasteiger partial charge >= 0.3 is 18.1 Å². The molecule has 61 heavy (non-hydrogen) atoms. The summed E-state index contributed by atoms with van der Waals surface area (Å²) in [5.74, 6) is 0.0539. The third-order valence-corrected chi connectivity index (χ3v) is 14.7. The summed E-state index contributed by atoms with van der Waals surface area (Å²) >= 11 is 0. The van der Waals surface area contributed by atoms with E-state index in [1.165, 1.54) is 12.3 Å². The van der Waals surface area contributed by atoms with Crippen molar-refractivity contribution >= 4 is 39.6 Å². The molecule has 4 aromatic rings. The topological polar surface area (TPSA) is 119 Å². The molecule has 0 radical (unpaired) electrons. The number of piperidine rings is 1. The van der Waals surface area contributed by atoms with Crippen LogP contribution in [0, 0.1) is 34.8 Å². The van der Waals surface area contributed by atoms with E-state index in [9.17, 15) is 9.59 Å². The Hall–Kier alpha value is -4.72. The SMILES string of the molecule is CC1CC2CC(C)CC(C(=O)Oc3cc4c5c(c(F)ccc5c3)CCCOC(=O)NC3(C)CC(F)CN(C3)c3nc(OCC56CCCN5CCC6)nc5c(F)c-4ncc35)(C1)C2. The lowest BCUT2D eigenvalue weighted by Crippen LogP contribution is -2.60. The second-order valence-electron chi connectivity index (χ2n) is 19.8. The predicted octanol–water partition coefficient (Wildman–Crippen LogP) is 8.87. The van der Waals surface area contributed by atoms with Crippen LogP contribution in [-0.4, -0.2) is 88.6 Å². The van der Waals surface area contributed by atoms with Crippen molar-refractivity contribution in [3.8, 4) is 23.0 Å². The number of hydrogen-bond acceptors (Lipinski definition) is 10. The predicted molar refractivity (Wildman–Crippen MR) is 224 cm³/mol. The highest BCUT2D eigenvalue weighted by molar-refractivity contribution is 6.02. The highest BCUT2D eigenvalue weighted by atomic mass is 19.1. The van der Waals surface area contributed by atoms with E-state index in [4.69, 9.17) is 29.2 Å².